The molecule has 0 saturated carbocycles. The third kappa shape index (κ3) is 3.41. The third-order valence-corrected chi connectivity index (χ3v) is 4.90. The first-order chi connectivity index (χ1) is 15.2. The van der Waals surface area contributed by atoms with Gasteiger partial charge in [0, 0.05) is 0 Å². The van der Waals surface area contributed by atoms with Crippen LogP contribution >= 0.6 is 0 Å². The fraction of sp³-hybridized carbons (Fsp3) is 0. The summed E-state index contributed by atoms with van der Waals surface area (Å²) in [6, 6.07) is 21.4. The van der Waals surface area contributed by atoms with E-state index in [0.717, 1.165) is 0 Å². The smallest absolute Gasteiger partial charge is 0.198 e. The molecular formula is C24H10F8. The maximum absolute atomic E-state index is 13.1. The van der Waals surface area contributed by atoms with Gasteiger partial charge in [-0.2, -0.15) is 0 Å². The van der Waals surface area contributed by atoms with Gasteiger partial charge in [0.15, 0.2) is 46.5 Å². The van der Waals surface area contributed by atoms with E-state index in [2.05, 4.69) is 60.7 Å². The van der Waals surface area contributed by atoms with E-state index in [0.29, 0.717) is 0 Å². The lowest BCUT2D eigenvalue weighted by molar-refractivity contribution is 0.395. The van der Waals surface area contributed by atoms with Crippen LogP contribution in [0.3, 0.4) is 0 Å². The summed E-state index contributed by atoms with van der Waals surface area (Å²) in [5, 5.41) is 1.58. The first kappa shape index (κ1) is 21.5. The molecular weight excluding hydrogens is 440 g/mol. The van der Waals surface area contributed by atoms with Crippen molar-refractivity contribution in [3.8, 4) is 0 Å². The molecule has 0 aliphatic heterocycles. The van der Waals surface area contributed by atoms with E-state index in [9.17, 15) is 35.1 Å². The Kier molecular flexibility index (Phi) is 5.46. The van der Waals surface area contributed by atoms with Crippen LogP contribution in [0.5, 0.6) is 0 Å². The Hall–Kier alpha value is -3.68. The van der Waals surface area contributed by atoms with Crippen LogP contribution in [-0.4, -0.2) is 0 Å². The van der Waals surface area contributed by atoms with E-state index in [-0.39, 0.29) is 0 Å². The van der Waals surface area contributed by atoms with Gasteiger partial charge in [0.1, 0.15) is 0 Å². The highest BCUT2D eigenvalue weighted by molar-refractivity contribution is 5.98. The molecule has 8 heteroatoms. The molecule has 0 atom stereocenters. The minimum atomic E-state index is -2.45. The summed E-state index contributed by atoms with van der Waals surface area (Å²) >= 11 is 0. The van der Waals surface area contributed by atoms with Crippen molar-refractivity contribution >= 4 is 32.3 Å². The van der Waals surface area contributed by atoms with Crippen LogP contribution in [0, 0.1) is 46.5 Å². The summed E-state index contributed by atoms with van der Waals surface area (Å²) < 4.78 is 104. The van der Waals surface area contributed by atoms with Crippen molar-refractivity contribution in [1.29, 1.82) is 0 Å². The highest BCUT2D eigenvalue weighted by Crippen LogP contribution is 2.33. The van der Waals surface area contributed by atoms with Gasteiger partial charge >= 0.3 is 0 Å². The summed E-state index contributed by atoms with van der Waals surface area (Å²) in [7, 11) is 0. The van der Waals surface area contributed by atoms with Crippen LogP contribution in [0.2, 0.25) is 0 Å². The van der Waals surface area contributed by atoms with Crippen LogP contribution in [0.4, 0.5) is 35.1 Å². The molecule has 0 aliphatic rings. The van der Waals surface area contributed by atoms with E-state index in [1.807, 2.05) is 0 Å². The van der Waals surface area contributed by atoms with Gasteiger partial charge < -0.3 is 0 Å². The zero-order valence-electron chi connectivity index (χ0n) is 15.8. The zero-order chi connectivity index (χ0) is 23.2. The Morgan fingerprint density at radius 1 is 0.312 bits per heavy atom. The molecule has 0 saturated heterocycles. The lowest BCUT2D eigenvalue weighted by atomic mass is 10.0. The average Bonchev–Trinajstić information content (AvgIpc) is 2.81. The predicted molar refractivity (Wildman–Crippen MR) is 105 cm³/mol. The Morgan fingerprint density at radius 3 is 0.750 bits per heavy atom. The monoisotopic (exact) mass is 450 g/mol. The van der Waals surface area contributed by atoms with Gasteiger partial charge in [-0.05, 0) is 33.7 Å². The van der Waals surface area contributed by atoms with Gasteiger partial charge in [-0.3, -0.25) is 0 Å². The van der Waals surface area contributed by atoms with Crippen molar-refractivity contribution in [2.24, 2.45) is 0 Å². The average molecular weight is 450 g/mol. The van der Waals surface area contributed by atoms with Gasteiger partial charge in [0.25, 0.3) is 0 Å². The van der Waals surface area contributed by atoms with Gasteiger partial charge in [-0.1, -0.05) is 48.5 Å². The van der Waals surface area contributed by atoms with Crippen LogP contribution in [-0.2, 0) is 0 Å². The fourth-order valence-corrected chi connectivity index (χ4v) is 3.34. The third-order valence-electron chi connectivity index (χ3n) is 4.90. The fourth-order valence-electron chi connectivity index (χ4n) is 3.34. The van der Waals surface area contributed by atoms with E-state index >= 15 is 0 Å². The summed E-state index contributed by atoms with van der Waals surface area (Å²) in [5.74, 6) is -19.2. The Bertz CT molecular complexity index is 1290. The van der Waals surface area contributed by atoms with E-state index < -0.39 is 57.3 Å². The maximum atomic E-state index is 13.1. The first-order valence-electron chi connectivity index (χ1n) is 9.07. The molecule has 5 rings (SSSR count). The number of hydrogen-bond acceptors (Lipinski definition) is 0. The summed E-state index contributed by atoms with van der Waals surface area (Å²) in [6.07, 6.45) is 0. The Morgan fingerprint density at radius 2 is 0.531 bits per heavy atom. The van der Waals surface area contributed by atoms with Gasteiger partial charge in [0.05, 0.1) is 10.8 Å². The van der Waals surface area contributed by atoms with Gasteiger partial charge in [0.2, 0.25) is 0 Å². The van der Waals surface area contributed by atoms with Crippen LogP contribution in [0.1, 0.15) is 0 Å². The molecule has 32 heavy (non-hydrogen) atoms. The minimum Gasteiger partial charge on any atom is -0.203 e. The number of benzene rings is 5. The van der Waals surface area contributed by atoms with Crippen molar-refractivity contribution in [1.82, 2.24) is 0 Å². The van der Waals surface area contributed by atoms with Gasteiger partial charge in [-0.15, -0.1) is 0 Å². The Labute approximate surface area is 175 Å². The van der Waals surface area contributed by atoms with Gasteiger partial charge in [-0.25, -0.2) is 35.1 Å². The second-order valence-corrected chi connectivity index (χ2v) is 6.81. The molecule has 0 radical (unpaired) electrons. The molecule has 0 aliphatic carbocycles. The summed E-state index contributed by atoms with van der Waals surface area (Å²) in [5.41, 5.74) is 0. The highest BCUT2D eigenvalue weighted by atomic mass is 19.2. The van der Waals surface area contributed by atoms with Crippen molar-refractivity contribution in [3.05, 3.63) is 107 Å². The van der Waals surface area contributed by atoms with E-state index in [1.165, 1.54) is 21.5 Å². The molecule has 0 unspecified atom stereocenters. The SMILES string of the molecule is Fc1c(F)c(F)c2c(F)c(F)c(F)c(F)c2c1F.c1ccc2cc3ccccc3cc2c1. The minimum absolute atomic E-state index is 1.31. The quantitative estimate of drug-likeness (QED) is 0.0972. The van der Waals surface area contributed by atoms with Crippen LogP contribution in [0.15, 0.2) is 60.7 Å². The molecule has 5 aromatic rings. The molecule has 0 fully saturated rings. The van der Waals surface area contributed by atoms with Crippen molar-refractivity contribution in [3.63, 3.8) is 0 Å². The topological polar surface area (TPSA) is 0 Å². The highest BCUT2D eigenvalue weighted by Gasteiger charge is 2.30. The van der Waals surface area contributed by atoms with Crippen molar-refractivity contribution in [2.75, 3.05) is 0 Å². The number of halogens is 8. The maximum Gasteiger partial charge on any atom is 0.198 e. The summed E-state index contributed by atoms with van der Waals surface area (Å²) in [6.45, 7) is 0. The van der Waals surface area contributed by atoms with Crippen molar-refractivity contribution in [2.45, 2.75) is 0 Å². The lowest BCUT2D eigenvalue weighted by Gasteiger charge is -2.08. The molecule has 0 amide bonds. The molecule has 0 bridgehead atoms. The van der Waals surface area contributed by atoms with E-state index in [4.69, 9.17) is 0 Å². The van der Waals surface area contributed by atoms with E-state index in [1.54, 1.807) is 0 Å². The number of hydrogen-bond donors (Lipinski definition) is 0. The second kappa shape index (κ2) is 8.11. The zero-order valence-corrected chi connectivity index (χ0v) is 15.8. The normalized spacial score (nSPS) is 11.1. The predicted octanol–water partition coefficient (Wildman–Crippen LogP) is 7.95. The molecule has 0 spiro atoms. The molecule has 0 N–H and O–H groups in total. The van der Waals surface area contributed by atoms with Crippen LogP contribution in [0.25, 0.3) is 32.3 Å². The van der Waals surface area contributed by atoms with Crippen LogP contribution < -0.4 is 0 Å². The summed E-state index contributed by atoms with van der Waals surface area (Å²) in [4.78, 5) is 0. The largest absolute Gasteiger partial charge is 0.203 e. The molecule has 0 nitrogen and oxygen atoms in total. The molecule has 5 aromatic carbocycles. The lowest BCUT2D eigenvalue weighted by Crippen LogP contribution is -2.06. The standard InChI is InChI=1S/C14H10.C10F8/c1-2-6-12-10-14-8-4-3-7-13(14)9-11(12)5-1;11-3-1-2(5(13)9(17)7(3)15)6(14)10(18)8(16)4(1)12/h1-10H;. The number of fused-ring (bicyclic) bond motifs is 3. The van der Waals surface area contributed by atoms with Crippen molar-refractivity contribution < 1.29 is 35.1 Å². The molecule has 0 aromatic heterocycles. The Balaban J connectivity index is 0.000000157. The molecule has 0 heterocycles. The second-order valence-electron chi connectivity index (χ2n) is 6.81. The number of rotatable bonds is 0. The first-order valence-corrected chi connectivity index (χ1v) is 9.07. The molecule has 162 valence electrons.